The minimum atomic E-state index is 0.225. The number of aromatic nitrogens is 2. The highest BCUT2D eigenvalue weighted by molar-refractivity contribution is 14.1. The van der Waals surface area contributed by atoms with Crippen molar-refractivity contribution in [2.45, 2.75) is 26.7 Å². The molecule has 0 saturated carbocycles. The van der Waals surface area contributed by atoms with Crippen LogP contribution in [-0.4, -0.2) is 9.97 Å². The first kappa shape index (κ1) is 15.3. The molecule has 106 valence electrons. The summed E-state index contributed by atoms with van der Waals surface area (Å²) in [6.07, 6.45) is 0. The van der Waals surface area contributed by atoms with Crippen LogP contribution in [0.3, 0.4) is 0 Å². The van der Waals surface area contributed by atoms with Crippen LogP contribution in [0.15, 0.2) is 18.2 Å². The molecule has 0 radical (unpaired) electrons. The molecule has 0 aliphatic rings. The van der Waals surface area contributed by atoms with Crippen LogP contribution in [0.5, 0.6) is 0 Å². The van der Waals surface area contributed by atoms with Gasteiger partial charge in [-0.3, -0.25) is 0 Å². The second kappa shape index (κ2) is 6.13. The predicted octanol–water partition coefficient (Wildman–Crippen LogP) is 4.49. The third-order valence-corrected chi connectivity index (χ3v) is 4.03. The summed E-state index contributed by atoms with van der Waals surface area (Å²) in [6, 6.07) is 5.67. The third kappa shape index (κ3) is 3.32. The monoisotopic (exact) mass is 402 g/mol. The average Bonchev–Trinajstić information content (AvgIpc) is 2.37. The standard InChI is InChI=1S/C14H16ClIN4/c1-7(2)13-19-12(17)8(3)14(20-13)18-11-5-4-9(15)6-10(11)16/h4-7H,1-3H3,(H3,17,18,19,20). The molecule has 2 rings (SSSR count). The van der Waals surface area contributed by atoms with Crippen molar-refractivity contribution in [2.75, 3.05) is 11.1 Å². The molecule has 3 N–H and O–H groups in total. The molecule has 20 heavy (non-hydrogen) atoms. The van der Waals surface area contributed by atoms with Gasteiger partial charge in [0.2, 0.25) is 0 Å². The van der Waals surface area contributed by atoms with Crippen LogP contribution in [0, 0.1) is 10.5 Å². The second-order valence-corrected chi connectivity index (χ2v) is 6.44. The molecule has 1 heterocycles. The quantitative estimate of drug-likeness (QED) is 0.742. The van der Waals surface area contributed by atoms with Gasteiger partial charge >= 0.3 is 0 Å². The smallest absolute Gasteiger partial charge is 0.139 e. The summed E-state index contributed by atoms with van der Waals surface area (Å²) in [6.45, 7) is 5.99. The van der Waals surface area contributed by atoms with Crippen molar-refractivity contribution in [3.8, 4) is 0 Å². The number of hydrogen-bond acceptors (Lipinski definition) is 4. The summed E-state index contributed by atoms with van der Waals surface area (Å²) >= 11 is 8.20. The van der Waals surface area contributed by atoms with Crippen LogP contribution in [0.1, 0.15) is 31.2 Å². The van der Waals surface area contributed by atoms with Gasteiger partial charge in [-0.25, -0.2) is 9.97 Å². The number of nitrogens with zero attached hydrogens (tertiary/aromatic N) is 2. The van der Waals surface area contributed by atoms with Crippen LogP contribution < -0.4 is 11.1 Å². The molecular formula is C14H16ClIN4. The molecule has 0 unspecified atom stereocenters. The fourth-order valence-corrected chi connectivity index (χ4v) is 2.66. The van der Waals surface area contributed by atoms with Crippen LogP contribution in [0.25, 0.3) is 0 Å². The zero-order chi connectivity index (χ0) is 14.9. The van der Waals surface area contributed by atoms with Gasteiger partial charge in [-0.05, 0) is 47.7 Å². The normalized spacial score (nSPS) is 10.9. The SMILES string of the molecule is Cc1c(N)nc(C(C)C)nc1Nc1ccc(Cl)cc1I. The summed E-state index contributed by atoms with van der Waals surface area (Å²) in [4.78, 5) is 8.87. The Bertz CT molecular complexity index is 643. The minimum absolute atomic E-state index is 0.225. The number of hydrogen-bond donors (Lipinski definition) is 2. The van der Waals surface area contributed by atoms with Crippen LogP contribution in [-0.2, 0) is 0 Å². The Morgan fingerprint density at radius 1 is 1.30 bits per heavy atom. The first-order valence-corrected chi connectivity index (χ1v) is 7.70. The molecule has 4 nitrogen and oxygen atoms in total. The van der Waals surface area contributed by atoms with Crippen LogP contribution in [0.2, 0.25) is 5.02 Å². The summed E-state index contributed by atoms with van der Waals surface area (Å²) in [5.74, 6) is 2.21. The van der Waals surface area contributed by atoms with Crippen molar-refractivity contribution in [3.63, 3.8) is 0 Å². The Kier molecular flexibility index (Phi) is 4.70. The Hall–Kier alpha value is -1.08. The molecule has 6 heteroatoms. The van der Waals surface area contributed by atoms with E-state index >= 15 is 0 Å². The maximum Gasteiger partial charge on any atom is 0.139 e. The minimum Gasteiger partial charge on any atom is -0.383 e. The van der Waals surface area contributed by atoms with Gasteiger partial charge in [0.1, 0.15) is 17.5 Å². The molecule has 0 aliphatic carbocycles. The lowest BCUT2D eigenvalue weighted by atomic mass is 10.2. The highest BCUT2D eigenvalue weighted by atomic mass is 127. The Labute approximate surface area is 137 Å². The summed E-state index contributed by atoms with van der Waals surface area (Å²) in [7, 11) is 0. The zero-order valence-corrected chi connectivity index (χ0v) is 14.5. The van der Waals surface area contributed by atoms with Crippen molar-refractivity contribution in [1.29, 1.82) is 0 Å². The summed E-state index contributed by atoms with van der Waals surface area (Å²) in [5, 5.41) is 4.02. The topological polar surface area (TPSA) is 63.8 Å². The van der Waals surface area contributed by atoms with Gasteiger partial charge in [-0.2, -0.15) is 0 Å². The van der Waals surface area contributed by atoms with Gasteiger partial charge in [0.05, 0.1) is 5.69 Å². The van der Waals surface area contributed by atoms with Gasteiger partial charge in [0, 0.05) is 20.1 Å². The maximum atomic E-state index is 5.97. The molecule has 0 bridgehead atoms. The average molecular weight is 403 g/mol. The van der Waals surface area contributed by atoms with E-state index in [1.54, 1.807) is 0 Å². The summed E-state index contributed by atoms with van der Waals surface area (Å²) < 4.78 is 1.03. The van der Waals surface area contributed by atoms with Crippen molar-refractivity contribution in [3.05, 3.63) is 38.2 Å². The fraction of sp³-hybridized carbons (Fsp3) is 0.286. The van der Waals surface area contributed by atoms with E-state index in [9.17, 15) is 0 Å². The van der Waals surface area contributed by atoms with Crippen LogP contribution >= 0.6 is 34.2 Å². The van der Waals surface area contributed by atoms with E-state index in [-0.39, 0.29) is 5.92 Å². The van der Waals surface area contributed by atoms with E-state index in [4.69, 9.17) is 17.3 Å². The highest BCUT2D eigenvalue weighted by Gasteiger charge is 2.12. The van der Waals surface area contributed by atoms with E-state index in [2.05, 4.69) is 37.9 Å². The number of nitrogen functional groups attached to an aromatic ring is 1. The Morgan fingerprint density at radius 3 is 2.60 bits per heavy atom. The molecule has 2 aromatic rings. The molecule has 0 amide bonds. The molecule has 0 atom stereocenters. The molecular weight excluding hydrogens is 387 g/mol. The lowest BCUT2D eigenvalue weighted by molar-refractivity contribution is 0.776. The number of halogens is 2. The maximum absolute atomic E-state index is 5.97. The Balaban J connectivity index is 2.42. The van der Waals surface area contributed by atoms with Gasteiger partial charge in [0.25, 0.3) is 0 Å². The number of benzene rings is 1. The molecule has 0 spiro atoms. The predicted molar refractivity (Wildman–Crippen MR) is 92.7 cm³/mol. The molecule has 0 fully saturated rings. The summed E-state index contributed by atoms with van der Waals surface area (Å²) in [5.41, 5.74) is 7.76. The first-order valence-electron chi connectivity index (χ1n) is 6.24. The van der Waals surface area contributed by atoms with Crippen molar-refractivity contribution in [1.82, 2.24) is 9.97 Å². The van der Waals surface area contributed by atoms with E-state index in [0.29, 0.717) is 10.8 Å². The van der Waals surface area contributed by atoms with E-state index in [1.807, 2.05) is 39.0 Å². The highest BCUT2D eigenvalue weighted by Crippen LogP contribution is 2.28. The fourth-order valence-electron chi connectivity index (χ4n) is 1.65. The van der Waals surface area contributed by atoms with Gasteiger partial charge in [0.15, 0.2) is 0 Å². The van der Waals surface area contributed by atoms with Crippen molar-refractivity contribution in [2.24, 2.45) is 0 Å². The van der Waals surface area contributed by atoms with Gasteiger partial charge in [-0.15, -0.1) is 0 Å². The van der Waals surface area contributed by atoms with Crippen molar-refractivity contribution < 1.29 is 0 Å². The molecule has 0 aliphatic heterocycles. The van der Waals surface area contributed by atoms with E-state index in [1.165, 1.54) is 0 Å². The van der Waals surface area contributed by atoms with E-state index in [0.717, 1.165) is 26.5 Å². The number of anilines is 3. The zero-order valence-electron chi connectivity index (χ0n) is 11.5. The third-order valence-electron chi connectivity index (χ3n) is 2.90. The van der Waals surface area contributed by atoms with Gasteiger partial charge in [-0.1, -0.05) is 25.4 Å². The second-order valence-electron chi connectivity index (χ2n) is 4.84. The number of rotatable bonds is 3. The molecule has 0 saturated heterocycles. The Morgan fingerprint density at radius 2 is 2.00 bits per heavy atom. The van der Waals surface area contributed by atoms with Gasteiger partial charge < -0.3 is 11.1 Å². The van der Waals surface area contributed by atoms with E-state index < -0.39 is 0 Å². The molecule has 1 aromatic heterocycles. The number of nitrogens with two attached hydrogens (primary N) is 1. The number of nitrogens with one attached hydrogen (secondary N) is 1. The van der Waals surface area contributed by atoms with Crippen LogP contribution in [0.4, 0.5) is 17.3 Å². The van der Waals surface area contributed by atoms with Crippen molar-refractivity contribution >= 4 is 51.5 Å². The lowest BCUT2D eigenvalue weighted by Crippen LogP contribution is -2.08. The largest absolute Gasteiger partial charge is 0.383 e. The first-order chi connectivity index (χ1) is 9.38. The lowest BCUT2D eigenvalue weighted by Gasteiger charge is -2.14. The molecule has 1 aromatic carbocycles.